The summed E-state index contributed by atoms with van der Waals surface area (Å²) in [5, 5.41) is 0.582. The molecule has 0 radical (unpaired) electrons. The molecule has 0 bridgehead atoms. The van der Waals surface area contributed by atoms with E-state index in [1.807, 2.05) is 19.1 Å². The van der Waals surface area contributed by atoms with Gasteiger partial charge < -0.3 is 4.74 Å². The van der Waals surface area contributed by atoms with E-state index in [0.717, 1.165) is 15.8 Å². The van der Waals surface area contributed by atoms with Crippen molar-refractivity contribution in [2.45, 2.75) is 33.1 Å². The minimum atomic E-state index is -0.279. The lowest BCUT2D eigenvalue weighted by Crippen LogP contribution is -2.15. The van der Waals surface area contributed by atoms with Gasteiger partial charge in [-0.15, -0.1) is 0 Å². The maximum Gasteiger partial charge on any atom is 0.319 e. The van der Waals surface area contributed by atoms with Gasteiger partial charge in [0.2, 0.25) is 0 Å². The first kappa shape index (κ1) is 16.3. The Hall–Kier alpha value is -1.04. The van der Waals surface area contributed by atoms with Crippen LogP contribution < -0.4 is 4.74 Å². The van der Waals surface area contributed by atoms with Crippen molar-refractivity contribution in [3.8, 4) is 5.06 Å². The summed E-state index contributed by atoms with van der Waals surface area (Å²) >= 11 is 5.03. The van der Waals surface area contributed by atoms with Crippen molar-refractivity contribution >= 4 is 38.9 Å². The lowest BCUT2D eigenvalue weighted by Gasteiger charge is -2.11. The first-order valence-corrected chi connectivity index (χ1v) is 9.42. The quantitative estimate of drug-likeness (QED) is 0.412. The van der Waals surface area contributed by atoms with Gasteiger partial charge >= 0.3 is 5.97 Å². The highest BCUT2D eigenvalue weighted by Gasteiger charge is 2.18. The molecule has 1 atom stereocenters. The van der Waals surface area contributed by atoms with Gasteiger partial charge in [0.15, 0.2) is 5.06 Å². The predicted molar refractivity (Wildman–Crippen MR) is 92.1 cm³/mol. The fraction of sp³-hybridized carbons (Fsp3) is 0.375. The molecule has 0 aliphatic heterocycles. The molecule has 1 unspecified atom stereocenters. The summed E-state index contributed by atoms with van der Waals surface area (Å²) in [5.74, 6) is 0.111. The average Bonchev–Trinajstić information content (AvgIpc) is 2.83. The second-order valence-corrected chi connectivity index (χ2v) is 8.31. The van der Waals surface area contributed by atoms with E-state index in [0.29, 0.717) is 11.0 Å². The van der Waals surface area contributed by atoms with Gasteiger partial charge in [0, 0.05) is 6.07 Å². The Morgan fingerprint density at radius 1 is 1.19 bits per heavy atom. The summed E-state index contributed by atoms with van der Waals surface area (Å²) in [6.45, 7) is 6.26. The highest BCUT2D eigenvalue weighted by atomic mass is 32.9. The maximum atomic E-state index is 12.1. The molecule has 0 amide bonds. The standard InChI is InChI=1S/C16H18O2S3/c1-10(2)8-12-4-6-13(7-5-12)11(3)16(17)18-14-9-15(19)21-20-14/h4-7,9-11H,8H2,1-3H3. The Kier molecular flexibility index (Phi) is 5.67. The fourth-order valence-corrected chi connectivity index (χ4v) is 4.06. The van der Waals surface area contributed by atoms with Gasteiger partial charge in [0.25, 0.3) is 0 Å². The molecule has 2 aromatic rings. The molecule has 0 fully saturated rings. The van der Waals surface area contributed by atoms with E-state index in [2.05, 4.69) is 26.0 Å². The highest BCUT2D eigenvalue weighted by Crippen LogP contribution is 2.28. The van der Waals surface area contributed by atoms with Crippen LogP contribution >= 0.6 is 32.9 Å². The van der Waals surface area contributed by atoms with Crippen molar-refractivity contribution < 1.29 is 9.53 Å². The average molecular weight is 339 g/mol. The summed E-state index contributed by atoms with van der Waals surface area (Å²) in [6.07, 6.45) is 1.05. The Labute approximate surface area is 137 Å². The molecule has 1 aromatic heterocycles. The summed E-state index contributed by atoms with van der Waals surface area (Å²) < 4.78 is 6.11. The van der Waals surface area contributed by atoms with Gasteiger partial charge in [-0.3, -0.25) is 4.79 Å². The van der Waals surface area contributed by atoms with Crippen molar-refractivity contribution in [2.75, 3.05) is 0 Å². The molecule has 1 heterocycles. The molecule has 0 saturated carbocycles. The van der Waals surface area contributed by atoms with E-state index in [-0.39, 0.29) is 11.9 Å². The van der Waals surface area contributed by atoms with Gasteiger partial charge in [-0.2, -0.15) is 0 Å². The van der Waals surface area contributed by atoms with E-state index in [1.54, 1.807) is 6.07 Å². The minimum Gasteiger partial charge on any atom is -0.414 e. The number of benzene rings is 1. The molecule has 0 aliphatic rings. The number of esters is 1. The topological polar surface area (TPSA) is 26.3 Å². The lowest BCUT2D eigenvalue weighted by molar-refractivity contribution is -0.135. The van der Waals surface area contributed by atoms with Crippen LogP contribution in [0.4, 0.5) is 0 Å². The number of ether oxygens (including phenoxy) is 1. The van der Waals surface area contributed by atoms with E-state index >= 15 is 0 Å². The summed E-state index contributed by atoms with van der Waals surface area (Å²) in [5.41, 5.74) is 2.27. The molecule has 2 rings (SSSR count). The Balaban J connectivity index is 2.03. The van der Waals surface area contributed by atoms with Crippen molar-refractivity contribution in [1.82, 2.24) is 0 Å². The smallest absolute Gasteiger partial charge is 0.319 e. The van der Waals surface area contributed by atoms with E-state index in [9.17, 15) is 4.79 Å². The van der Waals surface area contributed by atoms with Crippen LogP contribution in [0.2, 0.25) is 0 Å². The van der Waals surface area contributed by atoms with E-state index in [1.165, 1.54) is 26.2 Å². The van der Waals surface area contributed by atoms with Crippen LogP contribution in [0.15, 0.2) is 30.3 Å². The monoisotopic (exact) mass is 338 g/mol. The van der Waals surface area contributed by atoms with Crippen LogP contribution in [0.3, 0.4) is 0 Å². The molecule has 5 heteroatoms. The third-order valence-corrected chi connectivity index (χ3v) is 5.82. The SMILES string of the molecule is CC(C)Cc1ccc(C(C)C(=O)Oc2cc(=S)ss2)cc1. The van der Waals surface area contributed by atoms with Crippen molar-refractivity contribution in [3.63, 3.8) is 0 Å². The van der Waals surface area contributed by atoms with Gasteiger partial charge in [-0.25, -0.2) is 0 Å². The van der Waals surface area contributed by atoms with Crippen molar-refractivity contribution in [1.29, 1.82) is 0 Å². The van der Waals surface area contributed by atoms with E-state index < -0.39 is 0 Å². The molecule has 0 aliphatic carbocycles. The maximum absolute atomic E-state index is 12.1. The van der Waals surface area contributed by atoms with Crippen LogP contribution in [-0.4, -0.2) is 5.97 Å². The Morgan fingerprint density at radius 3 is 2.38 bits per heavy atom. The third kappa shape index (κ3) is 4.73. The zero-order valence-corrected chi connectivity index (χ0v) is 14.7. The number of hydrogen-bond donors (Lipinski definition) is 0. The molecule has 2 nitrogen and oxygen atoms in total. The van der Waals surface area contributed by atoms with Gasteiger partial charge in [-0.05, 0) is 40.7 Å². The molecule has 21 heavy (non-hydrogen) atoms. The fourth-order valence-electron chi connectivity index (χ4n) is 2.01. The second kappa shape index (κ2) is 7.29. The predicted octanol–water partition coefficient (Wildman–Crippen LogP) is 5.45. The molecule has 0 saturated heterocycles. The van der Waals surface area contributed by atoms with Crippen molar-refractivity contribution in [3.05, 3.63) is 45.3 Å². The largest absolute Gasteiger partial charge is 0.414 e. The third-order valence-electron chi connectivity index (χ3n) is 3.12. The van der Waals surface area contributed by atoms with Gasteiger partial charge in [0.1, 0.15) is 3.82 Å². The van der Waals surface area contributed by atoms with Crippen LogP contribution in [0, 0.1) is 9.74 Å². The van der Waals surface area contributed by atoms with Crippen molar-refractivity contribution in [2.24, 2.45) is 5.92 Å². The molecule has 0 spiro atoms. The highest BCUT2D eigenvalue weighted by molar-refractivity contribution is 7.79. The van der Waals surface area contributed by atoms with Crippen LogP contribution in [0.25, 0.3) is 0 Å². The number of carbonyl (C=O) groups is 1. The normalized spacial score (nSPS) is 12.4. The van der Waals surface area contributed by atoms with E-state index in [4.69, 9.17) is 17.0 Å². The Bertz CT molecular complexity index is 653. The lowest BCUT2D eigenvalue weighted by atomic mass is 9.97. The zero-order valence-electron chi connectivity index (χ0n) is 12.3. The van der Waals surface area contributed by atoms with Gasteiger partial charge in [-0.1, -0.05) is 60.7 Å². The zero-order chi connectivity index (χ0) is 15.4. The number of rotatable bonds is 5. The molecular formula is C16H18O2S3. The summed E-state index contributed by atoms with van der Waals surface area (Å²) in [6, 6.07) is 9.93. The van der Waals surface area contributed by atoms with Crippen LogP contribution in [-0.2, 0) is 11.2 Å². The Morgan fingerprint density at radius 2 is 1.86 bits per heavy atom. The molecule has 0 N–H and O–H groups in total. The van der Waals surface area contributed by atoms with Gasteiger partial charge in [0.05, 0.1) is 5.92 Å². The molecular weight excluding hydrogens is 320 g/mol. The molecule has 112 valence electrons. The second-order valence-electron chi connectivity index (χ2n) is 5.43. The number of carbonyl (C=O) groups excluding carboxylic acids is 1. The van der Waals surface area contributed by atoms with Crippen LogP contribution in [0.5, 0.6) is 5.06 Å². The first-order chi connectivity index (χ1) is 9.95. The number of hydrogen-bond acceptors (Lipinski definition) is 5. The minimum absolute atomic E-state index is 0.240. The van der Waals surface area contributed by atoms with Crippen LogP contribution in [0.1, 0.15) is 37.8 Å². The first-order valence-electron chi connectivity index (χ1n) is 6.86. The molecule has 1 aromatic carbocycles. The summed E-state index contributed by atoms with van der Waals surface area (Å²) in [7, 11) is 2.83. The summed E-state index contributed by atoms with van der Waals surface area (Å²) in [4.78, 5) is 12.1.